The Hall–Kier alpha value is -1.46. The lowest BCUT2D eigenvalue weighted by Gasteiger charge is -2.17. The molecule has 0 heterocycles. The molecule has 1 aliphatic carbocycles. The van der Waals surface area contributed by atoms with Gasteiger partial charge in [-0.15, -0.1) is 0 Å². The summed E-state index contributed by atoms with van der Waals surface area (Å²) in [5.41, 5.74) is 0. The minimum atomic E-state index is -0.759. The van der Waals surface area contributed by atoms with Crippen LogP contribution in [-0.4, -0.2) is 40.3 Å². The first-order valence-corrected chi connectivity index (χ1v) is 10.7. The summed E-state index contributed by atoms with van der Waals surface area (Å²) >= 11 is 0. The molecule has 1 rings (SSSR count). The second kappa shape index (κ2) is 17.6. The van der Waals surface area contributed by atoms with E-state index in [2.05, 4.69) is 13.0 Å². The summed E-state index contributed by atoms with van der Waals surface area (Å²) in [5.74, 6) is -0.132. The van der Waals surface area contributed by atoms with E-state index in [1.807, 2.05) is 12.2 Å². The Bertz CT molecular complexity index is 470. The number of hydrogen-bond donors (Lipinski definition) is 3. The molecule has 0 saturated heterocycles. The molecule has 0 aromatic carbocycles. The molecule has 0 radical (unpaired) electrons. The molecule has 3 N–H and O–H groups in total. The van der Waals surface area contributed by atoms with Crippen LogP contribution in [0.15, 0.2) is 24.3 Å². The van der Waals surface area contributed by atoms with Crippen LogP contribution in [0.2, 0.25) is 0 Å². The van der Waals surface area contributed by atoms with Crippen molar-refractivity contribution in [3.8, 4) is 0 Å². The normalized spacial score (nSPS) is 21.8. The van der Waals surface area contributed by atoms with E-state index in [-0.39, 0.29) is 30.1 Å². The fourth-order valence-electron chi connectivity index (χ4n) is 3.61. The third-order valence-corrected chi connectivity index (χ3v) is 5.23. The molecule has 0 aromatic heterocycles. The number of aliphatic carboxylic acids is 1. The summed E-state index contributed by atoms with van der Waals surface area (Å²) < 4.78 is 0. The van der Waals surface area contributed by atoms with Crippen LogP contribution in [0.1, 0.15) is 84.0 Å². The molecular weight excluding hydrogens is 356 g/mol. The maximum absolute atomic E-state index is 12.0. The van der Waals surface area contributed by atoms with Crippen molar-refractivity contribution in [2.45, 2.75) is 90.1 Å². The van der Waals surface area contributed by atoms with Crippen LogP contribution in [0.4, 0.5) is 0 Å². The molecule has 0 aromatic rings. The number of hydrogen-bond acceptors (Lipinski definition) is 4. The van der Waals surface area contributed by atoms with Gasteiger partial charge in [-0.2, -0.15) is 0 Å². The van der Waals surface area contributed by atoms with Gasteiger partial charge in [0.05, 0.1) is 6.10 Å². The highest BCUT2D eigenvalue weighted by Crippen LogP contribution is 2.35. The van der Waals surface area contributed by atoms with Crippen LogP contribution in [0, 0.1) is 11.8 Å². The standard InChI is InChI=1S/C22H36O4.CH4O/c1-2-3-4-5-8-11-19(23)16-14-18-15-17-21(24)20(18)12-9-6-7-10-13-22(25)26;1-2/h6,9,14,16,18,20-21,24H,2-5,7-8,10-13,15,17H2,1H3,(H,25,26);2H,1H3/b9-6-,16-14+;/t18-,20+,21-;/m0./s1. The molecule has 0 bridgehead atoms. The van der Waals surface area contributed by atoms with E-state index >= 15 is 0 Å². The second-order valence-corrected chi connectivity index (χ2v) is 7.46. The summed E-state index contributed by atoms with van der Waals surface area (Å²) in [7, 11) is 1.00. The Morgan fingerprint density at radius 2 is 1.68 bits per heavy atom. The fourth-order valence-corrected chi connectivity index (χ4v) is 3.61. The first-order chi connectivity index (χ1) is 13.5. The molecule has 5 nitrogen and oxygen atoms in total. The van der Waals surface area contributed by atoms with Crippen LogP contribution in [0.25, 0.3) is 0 Å². The highest BCUT2D eigenvalue weighted by molar-refractivity contribution is 5.89. The lowest BCUT2D eigenvalue weighted by molar-refractivity contribution is -0.137. The Morgan fingerprint density at radius 3 is 2.36 bits per heavy atom. The van der Waals surface area contributed by atoms with Crippen molar-refractivity contribution in [2.75, 3.05) is 7.11 Å². The summed E-state index contributed by atoms with van der Waals surface area (Å²) in [6.07, 6.45) is 18.0. The van der Waals surface area contributed by atoms with Crippen LogP contribution in [-0.2, 0) is 9.59 Å². The van der Waals surface area contributed by atoms with Crippen molar-refractivity contribution in [3.05, 3.63) is 24.3 Å². The number of carbonyl (C=O) groups excluding carboxylic acids is 1. The van der Waals surface area contributed by atoms with Gasteiger partial charge in [-0.1, -0.05) is 50.8 Å². The number of carboxylic acids is 1. The molecule has 1 aliphatic rings. The summed E-state index contributed by atoms with van der Waals surface area (Å²) in [6.45, 7) is 2.19. The Labute approximate surface area is 170 Å². The minimum Gasteiger partial charge on any atom is -0.481 e. The average Bonchev–Trinajstić information content (AvgIpc) is 3.03. The quantitative estimate of drug-likeness (QED) is 0.225. The van der Waals surface area contributed by atoms with E-state index < -0.39 is 5.97 Å². The number of aliphatic hydroxyl groups is 2. The van der Waals surface area contributed by atoms with Crippen molar-refractivity contribution in [1.82, 2.24) is 0 Å². The third kappa shape index (κ3) is 12.8. The lowest BCUT2D eigenvalue weighted by atomic mass is 9.90. The van der Waals surface area contributed by atoms with Crippen LogP contribution in [0.3, 0.4) is 0 Å². The number of ketones is 1. The predicted octanol–water partition coefficient (Wildman–Crippen LogP) is 4.67. The topological polar surface area (TPSA) is 94.8 Å². The summed E-state index contributed by atoms with van der Waals surface area (Å²) in [5, 5.41) is 25.8. The number of carboxylic acid groups (broad SMARTS) is 1. The average molecular weight is 397 g/mol. The maximum Gasteiger partial charge on any atom is 0.303 e. The van der Waals surface area contributed by atoms with Crippen molar-refractivity contribution >= 4 is 11.8 Å². The maximum atomic E-state index is 12.0. The van der Waals surface area contributed by atoms with Crippen molar-refractivity contribution in [3.63, 3.8) is 0 Å². The van der Waals surface area contributed by atoms with Gasteiger partial charge in [0.2, 0.25) is 0 Å². The van der Waals surface area contributed by atoms with E-state index in [0.29, 0.717) is 12.8 Å². The SMILES string of the molecule is CCCCCCCC(=O)/C=C/[C@H]1CC[C@H](O)[C@@H]1C/C=C\CCCC(=O)O.CO. The molecule has 3 atom stereocenters. The number of unbranched alkanes of at least 4 members (excludes halogenated alkanes) is 5. The van der Waals surface area contributed by atoms with E-state index in [0.717, 1.165) is 45.6 Å². The highest BCUT2D eigenvalue weighted by Gasteiger charge is 2.32. The van der Waals surface area contributed by atoms with Crippen molar-refractivity contribution in [1.29, 1.82) is 0 Å². The van der Waals surface area contributed by atoms with Crippen LogP contribution in [0.5, 0.6) is 0 Å². The van der Waals surface area contributed by atoms with Crippen molar-refractivity contribution in [2.24, 2.45) is 11.8 Å². The molecule has 1 saturated carbocycles. The number of carbonyl (C=O) groups is 2. The van der Waals surface area contributed by atoms with Gasteiger partial charge >= 0.3 is 5.97 Å². The summed E-state index contributed by atoms with van der Waals surface area (Å²) in [6, 6.07) is 0. The minimum absolute atomic E-state index is 0.166. The monoisotopic (exact) mass is 396 g/mol. The van der Waals surface area contributed by atoms with Gasteiger partial charge in [-0.25, -0.2) is 0 Å². The molecule has 0 aliphatic heterocycles. The number of aliphatic hydroxyl groups excluding tert-OH is 2. The van der Waals surface area contributed by atoms with Gasteiger partial charge in [-0.3, -0.25) is 9.59 Å². The van der Waals surface area contributed by atoms with E-state index in [9.17, 15) is 14.7 Å². The number of rotatable bonds is 14. The summed E-state index contributed by atoms with van der Waals surface area (Å²) in [4.78, 5) is 22.5. The van der Waals surface area contributed by atoms with Crippen molar-refractivity contribution < 1.29 is 24.9 Å². The highest BCUT2D eigenvalue weighted by atomic mass is 16.4. The van der Waals surface area contributed by atoms with E-state index in [1.165, 1.54) is 19.3 Å². The van der Waals surface area contributed by atoms with Gasteiger partial charge < -0.3 is 15.3 Å². The lowest BCUT2D eigenvalue weighted by Crippen LogP contribution is -2.17. The first kappa shape index (κ1) is 26.5. The van der Waals surface area contributed by atoms with Gasteiger partial charge in [0.25, 0.3) is 0 Å². The zero-order valence-electron chi connectivity index (χ0n) is 17.7. The molecule has 28 heavy (non-hydrogen) atoms. The molecule has 5 heteroatoms. The number of allylic oxidation sites excluding steroid dienone is 4. The smallest absolute Gasteiger partial charge is 0.303 e. The van der Waals surface area contributed by atoms with Gasteiger partial charge in [-0.05, 0) is 56.4 Å². The molecule has 0 unspecified atom stereocenters. The van der Waals surface area contributed by atoms with Crippen LogP contribution >= 0.6 is 0 Å². The Balaban J connectivity index is 0.00000352. The molecule has 162 valence electrons. The third-order valence-electron chi connectivity index (χ3n) is 5.23. The molecular formula is C23H40O5. The van der Waals surface area contributed by atoms with Crippen LogP contribution < -0.4 is 0 Å². The van der Waals surface area contributed by atoms with E-state index in [1.54, 1.807) is 6.08 Å². The first-order valence-electron chi connectivity index (χ1n) is 10.7. The predicted molar refractivity (Wildman–Crippen MR) is 113 cm³/mol. The second-order valence-electron chi connectivity index (χ2n) is 7.46. The zero-order chi connectivity index (χ0) is 21.2. The molecule has 1 fully saturated rings. The largest absolute Gasteiger partial charge is 0.481 e. The van der Waals surface area contributed by atoms with E-state index in [4.69, 9.17) is 10.2 Å². The fraction of sp³-hybridized carbons (Fsp3) is 0.739. The van der Waals surface area contributed by atoms with Gasteiger partial charge in [0, 0.05) is 20.0 Å². The van der Waals surface area contributed by atoms with Gasteiger partial charge in [0.1, 0.15) is 0 Å². The Kier molecular flexibility index (Phi) is 16.7. The Morgan fingerprint density at radius 1 is 0.964 bits per heavy atom. The van der Waals surface area contributed by atoms with Gasteiger partial charge in [0.15, 0.2) is 5.78 Å². The molecule has 0 spiro atoms. The molecule has 0 amide bonds. The zero-order valence-corrected chi connectivity index (χ0v) is 17.7.